The zero-order valence-corrected chi connectivity index (χ0v) is 13.4. The molecule has 0 spiro atoms. The van der Waals surface area contributed by atoms with Gasteiger partial charge in [0.25, 0.3) is 5.91 Å². The number of halogens is 2. The third-order valence-electron chi connectivity index (χ3n) is 3.90. The lowest BCUT2D eigenvalue weighted by atomic mass is 10.2. The van der Waals surface area contributed by atoms with Gasteiger partial charge in [0.1, 0.15) is 11.9 Å². The highest BCUT2D eigenvalue weighted by molar-refractivity contribution is 6.30. The standard InChI is InChI=1S/C15H14ClFN4O3/c1-7-12(14(22)18-13(15(23)24)8-2-3-8)19-20-21(7)9-4-5-11(17)10(16)6-9/h4-6,8,13H,2-3H2,1H3,(H,18,22)(H,23,24). The van der Waals surface area contributed by atoms with Crippen molar-refractivity contribution in [2.75, 3.05) is 0 Å². The fourth-order valence-electron chi connectivity index (χ4n) is 2.42. The molecule has 24 heavy (non-hydrogen) atoms. The molecular formula is C15H14ClFN4O3. The van der Waals surface area contributed by atoms with Gasteiger partial charge in [0.05, 0.1) is 16.4 Å². The molecule has 1 heterocycles. The first-order valence-corrected chi connectivity index (χ1v) is 7.67. The molecule has 0 saturated heterocycles. The van der Waals surface area contributed by atoms with Gasteiger partial charge in [-0.05, 0) is 43.9 Å². The second-order valence-electron chi connectivity index (χ2n) is 5.66. The maximum absolute atomic E-state index is 13.3. The van der Waals surface area contributed by atoms with E-state index in [-0.39, 0.29) is 16.6 Å². The molecule has 2 N–H and O–H groups in total. The number of nitrogens with one attached hydrogen (secondary N) is 1. The minimum atomic E-state index is -1.07. The molecular weight excluding hydrogens is 339 g/mol. The van der Waals surface area contributed by atoms with Gasteiger partial charge in [-0.25, -0.2) is 13.9 Å². The van der Waals surface area contributed by atoms with Gasteiger partial charge < -0.3 is 10.4 Å². The first kappa shape index (κ1) is 16.4. The lowest BCUT2D eigenvalue weighted by molar-refractivity contribution is -0.139. The Bertz CT molecular complexity index is 819. The molecule has 126 valence electrons. The van der Waals surface area contributed by atoms with E-state index >= 15 is 0 Å². The molecule has 1 aromatic carbocycles. The number of aliphatic carboxylic acids is 1. The Labute approximate surface area is 141 Å². The van der Waals surface area contributed by atoms with E-state index in [4.69, 9.17) is 11.6 Å². The van der Waals surface area contributed by atoms with Crippen molar-refractivity contribution in [3.05, 3.63) is 40.4 Å². The number of hydrogen-bond donors (Lipinski definition) is 2. The van der Waals surface area contributed by atoms with Gasteiger partial charge in [-0.2, -0.15) is 0 Å². The quantitative estimate of drug-likeness (QED) is 0.857. The summed E-state index contributed by atoms with van der Waals surface area (Å²) in [4.78, 5) is 23.5. The number of carbonyl (C=O) groups excluding carboxylic acids is 1. The van der Waals surface area contributed by atoms with Crippen molar-refractivity contribution in [3.63, 3.8) is 0 Å². The highest BCUT2D eigenvalue weighted by atomic mass is 35.5. The van der Waals surface area contributed by atoms with Crippen molar-refractivity contribution in [3.8, 4) is 5.69 Å². The fourth-order valence-corrected chi connectivity index (χ4v) is 2.60. The van der Waals surface area contributed by atoms with Crippen molar-refractivity contribution < 1.29 is 19.1 Å². The van der Waals surface area contributed by atoms with E-state index in [0.29, 0.717) is 11.4 Å². The summed E-state index contributed by atoms with van der Waals surface area (Å²) in [7, 11) is 0. The van der Waals surface area contributed by atoms with Gasteiger partial charge >= 0.3 is 5.97 Å². The van der Waals surface area contributed by atoms with Crippen LogP contribution in [0, 0.1) is 18.7 Å². The number of benzene rings is 1. The molecule has 1 atom stereocenters. The Morgan fingerprint density at radius 3 is 2.75 bits per heavy atom. The van der Waals surface area contributed by atoms with Crippen LogP contribution in [0.4, 0.5) is 4.39 Å². The number of aromatic nitrogens is 3. The highest BCUT2D eigenvalue weighted by Crippen LogP contribution is 2.33. The summed E-state index contributed by atoms with van der Waals surface area (Å²) >= 11 is 5.75. The predicted octanol–water partition coefficient (Wildman–Crippen LogP) is 1.96. The van der Waals surface area contributed by atoms with E-state index in [2.05, 4.69) is 15.6 Å². The number of nitrogens with zero attached hydrogens (tertiary/aromatic N) is 3. The van der Waals surface area contributed by atoms with Gasteiger partial charge in [-0.15, -0.1) is 5.10 Å². The van der Waals surface area contributed by atoms with Crippen LogP contribution in [0.25, 0.3) is 5.69 Å². The highest BCUT2D eigenvalue weighted by Gasteiger charge is 2.38. The van der Waals surface area contributed by atoms with Crippen LogP contribution in [0.3, 0.4) is 0 Å². The minimum absolute atomic E-state index is 0.0161. The first-order valence-electron chi connectivity index (χ1n) is 7.30. The van der Waals surface area contributed by atoms with E-state index in [1.165, 1.54) is 22.9 Å². The molecule has 1 aliphatic rings. The van der Waals surface area contributed by atoms with Crippen molar-refractivity contribution in [2.24, 2.45) is 5.92 Å². The van der Waals surface area contributed by atoms with E-state index in [1.54, 1.807) is 6.92 Å². The summed E-state index contributed by atoms with van der Waals surface area (Å²) in [6, 6.07) is 3.08. The second-order valence-corrected chi connectivity index (χ2v) is 6.07. The molecule has 1 fully saturated rings. The van der Waals surface area contributed by atoms with Gasteiger partial charge in [0.15, 0.2) is 5.69 Å². The molecule has 7 nitrogen and oxygen atoms in total. The maximum atomic E-state index is 13.3. The zero-order chi connectivity index (χ0) is 17.4. The van der Waals surface area contributed by atoms with E-state index in [0.717, 1.165) is 12.8 Å². The van der Waals surface area contributed by atoms with Gasteiger partial charge in [-0.1, -0.05) is 16.8 Å². The molecule has 9 heteroatoms. The lowest BCUT2D eigenvalue weighted by Crippen LogP contribution is -2.42. The molecule has 1 saturated carbocycles. The molecule has 1 aliphatic carbocycles. The molecule has 0 bridgehead atoms. The lowest BCUT2D eigenvalue weighted by Gasteiger charge is -2.12. The number of carbonyl (C=O) groups is 2. The van der Waals surface area contributed by atoms with Gasteiger partial charge in [-0.3, -0.25) is 4.79 Å². The Hall–Kier alpha value is -2.48. The van der Waals surface area contributed by atoms with Crippen LogP contribution >= 0.6 is 11.6 Å². The Balaban J connectivity index is 1.85. The summed E-state index contributed by atoms with van der Waals surface area (Å²) in [5, 5.41) is 19.3. The van der Waals surface area contributed by atoms with Crippen LogP contribution in [0.2, 0.25) is 5.02 Å². The third-order valence-corrected chi connectivity index (χ3v) is 4.19. The summed E-state index contributed by atoms with van der Waals surface area (Å²) in [5.74, 6) is -2.28. The first-order chi connectivity index (χ1) is 11.4. The van der Waals surface area contributed by atoms with Crippen molar-refractivity contribution in [2.45, 2.75) is 25.8 Å². The van der Waals surface area contributed by atoms with Crippen LogP contribution in [0.5, 0.6) is 0 Å². The number of rotatable bonds is 5. The molecule has 0 radical (unpaired) electrons. The fraction of sp³-hybridized carbons (Fsp3) is 0.333. The normalized spacial score (nSPS) is 15.1. The summed E-state index contributed by atoms with van der Waals surface area (Å²) in [5.41, 5.74) is 0.861. The van der Waals surface area contributed by atoms with E-state index in [1.807, 2.05) is 0 Å². The number of amides is 1. The monoisotopic (exact) mass is 352 g/mol. The topological polar surface area (TPSA) is 97.1 Å². The summed E-state index contributed by atoms with van der Waals surface area (Å²) in [6.45, 7) is 1.61. The Morgan fingerprint density at radius 2 is 2.17 bits per heavy atom. The molecule has 3 rings (SSSR count). The summed E-state index contributed by atoms with van der Waals surface area (Å²) in [6.07, 6.45) is 1.55. The Morgan fingerprint density at radius 1 is 1.46 bits per heavy atom. The minimum Gasteiger partial charge on any atom is -0.480 e. The van der Waals surface area contributed by atoms with Gasteiger partial charge in [0.2, 0.25) is 0 Å². The molecule has 1 amide bonds. The van der Waals surface area contributed by atoms with Crippen LogP contribution < -0.4 is 5.32 Å². The van der Waals surface area contributed by atoms with E-state index < -0.39 is 23.7 Å². The van der Waals surface area contributed by atoms with Gasteiger partial charge in [0, 0.05) is 0 Å². The van der Waals surface area contributed by atoms with E-state index in [9.17, 15) is 19.1 Å². The smallest absolute Gasteiger partial charge is 0.326 e. The Kier molecular flexibility index (Phi) is 4.23. The van der Waals surface area contributed by atoms with Crippen LogP contribution in [0.15, 0.2) is 18.2 Å². The molecule has 2 aromatic rings. The maximum Gasteiger partial charge on any atom is 0.326 e. The van der Waals surface area contributed by atoms with Crippen molar-refractivity contribution in [1.29, 1.82) is 0 Å². The third kappa shape index (κ3) is 3.09. The van der Waals surface area contributed by atoms with Crippen LogP contribution in [-0.4, -0.2) is 38.0 Å². The van der Waals surface area contributed by atoms with Crippen molar-refractivity contribution >= 4 is 23.5 Å². The zero-order valence-electron chi connectivity index (χ0n) is 12.7. The SMILES string of the molecule is Cc1c(C(=O)NC(C(=O)O)C2CC2)nnn1-c1ccc(F)c(Cl)c1. The second kappa shape index (κ2) is 6.20. The molecule has 1 unspecified atom stereocenters. The number of carboxylic acid groups (broad SMARTS) is 1. The average Bonchev–Trinajstić information content (AvgIpc) is 3.29. The largest absolute Gasteiger partial charge is 0.480 e. The van der Waals surface area contributed by atoms with Crippen LogP contribution in [-0.2, 0) is 4.79 Å². The number of hydrogen-bond acceptors (Lipinski definition) is 4. The van der Waals surface area contributed by atoms with Crippen molar-refractivity contribution in [1.82, 2.24) is 20.3 Å². The predicted molar refractivity (Wildman–Crippen MR) is 82.7 cm³/mol. The molecule has 1 aromatic heterocycles. The number of carboxylic acids is 1. The summed E-state index contributed by atoms with van der Waals surface area (Å²) < 4.78 is 14.6. The average molecular weight is 353 g/mol. The molecule has 0 aliphatic heterocycles. The van der Waals surface area contributed by atoms with Crippen LogP contribution in [0.1, 0.15) is 29.0 Å².